The van der Waals surface area contributed by atoms with Crippen LogP contribution in [0.1, 0.15) is 15.9 Å². The Bertz CT molecular complexity index is 331. The lowest BCUT2D eigenvalue weighted by Crippen LogP contribution is -2.54. The Morgan fingerprint density at radius 1 is 1.46 bits per heavy atom. The maximum atomic E-state index is 10.5. The quantitative estimate of drug-likeness (QED) is 0.676. The van der Waals surface area contributed by atoms with E-state index in [9.17, 15) is 4.79 Å². The first kappa shape index (κ1) is 8.41. The van der Waals surface area contributed by atoms with Crippen molar-refractivity contribution in [2.75, 3.05) is 13.2 Å². The summed E-state index contributed by atoms with van der Waals surface area (Å²) < 4.78 is 5.05. The van der Waals surface area contributed by atoms with Crippen LogP contribution >= 0.6 is 0 Å². The molecule has 0 aliphatic carbocycles. The summed E-state index contributed by atoms with van der Waals surface area (Å²) in [6.45, 7) is 1.07. The Morgan fingerprint density at radius 3 is 2.77 bits per heavy atom. The second-order valence-electron chi connectivity index (χ2n) is 3.39. The lowest BCUT2D eigenvalue weighted by atomic mass is 9.88. The van der Waals surface area contributed by atoms with Crippen molar-refractivity contribution in [2.45, 2.75) is 5.54 Å². The van der Waals surface area contributed by atoms with Crippen LogP contribution < -0.4 is 5.73 Å². The summed E-state index contributed by atoms with van der Waals surface area (Å²) in [5.41, 5.74) is 7.27. The molecule has 1 fully saturated rings. The van der Waals surface area contributed by atoms with Gasteiger partial charge in [0.2, 0.25) is 0 Å². The summed E-state index contributed by atoms with van der Waals surface area (Å²) >= 11 is 0. The molecule has 1 aromatic rings. The molecule has 1 aliphatic rings. The van der Waals surface area contributed by atoms with Gasteiger partial charge in [0, 0.05) is 5.56 Å². The normalized spacial score (nSPS) is 19.2. The monoisotopic (exact) mass is 177 g/mol. The highest BCUT2D eigenvalue weighted by molar-refractivity contribution is 5.75. The molecule has 2 rings (SSSR count). The van der Waals surface area contributed by atoms with Crippen LogP contribution in [0.15, 0.2) is 24.3 Å². The number of hydrogen-bond acceptors (Lipinski definition) is 3. The van der Waals surface area contributed by atoms with Crippen molar-refractivity contribution in [2.24, 2.45) is 5.73 Å². The zero-order chi connectivity index (χ0) is 9.31. The van der Waals surface area contributed by atoms with Crippen molar-refractivity contribution in [1.29, 1.82) is 0 Å². The first-order chi connectivity index (χ1) is 6.24. The number of carbonyl (C=O) groups excluding carboxylic acids is 1. The van der Waals surface area contributed by atoms with Crippen molar-refractivity contribution in [3.05, 3.63) is 35.4 Å². The molecule has 1 saturated heterocycles. The second kappa shape index (κ2) is 2.94. The van der Waals surface area contributed by atoms with E-state index in [4.69, 9.17) is 10.5 Å². The zero-order valence-corrected chi connectivity index (χ0v) is 7.19. The summed E-state index contributed by atoms with van der Waals surface area (Å²) in [6.07, 6.45) is 0.826. The number of ether oxygens (including phenoxy) is 1. The van der Waals surface area contributed by atoms with Crippen molar-refractivity contribution in [3.63, 3.8) is 0 Å². The summed E-state index contributed by atoms with van der Waals surface area (Å²) in [5, 5.41) is 0. The summed E-state index contributed by atoms with van der Waals surface area (Å²) in [7, 11) is 0. The fraction of sp³-hybridized carbons (Fsp3) is 0.300. The molecule has 3 nitrogen and oxygen atoms in total. The molecule has 68 valence electrons. The van der Waals surface area contributed by atoms with Crippen LogP contribution in [-0.2, 0) is 10.3 Å². The largest absolute Gasteiger partial charge is 0.377 e. The third-order valence-electron chi connectivity index (χ3n) is 2.32. The van der Waals surface area contributed by atoms with Gasteiger partial charge in [0.15, 0.2) is 0 Å². The molecule has 0 unspecified atom stereocenters. The van der Waals surface area contributed by atoms with Gasteiger partial charge in [-0.05, 0) is 11.6 Å². The third-order valence-corrected chi connectivity index (χ3v) is 2.32. The van der Waals surface area contributed by atoms with Crippen LogP contribution in [0, 0.1) is 0 Å². The van der Waals surface area contributed by atoms with Gasteiger partial charge in [-0.1, -0.05) is 18.2 Å². The standard InChI is InChI=1S/C10H11NO2/c11-10(6-13-7-10)9-3-1-2-8(4-9)5-12/h1-5H,6-7,11H2. The van der Waals surface area contributed by atoms with Crippen LogP contribution in [0.5, 0.6) is 0 Å². The van der Waals surface area contributed by atoms with Gasteiger partial charge in [0.25, 0.3) is 0 Å². The van der Waals surface area contributed by atoms with Crippen molar-refractivity contribution in [1.82, 2.24) is 0 Å². The van der Waals surface area contributed by atoms with E-state index < -0.39 is 0 Å². The molecular weight excluding hydrogens is 166 g/mol. The van der Waals surface area contributed by atoms with E-state index in [1.807, 2.05) is 18.2 Å². The smallest absolute Gasteiger partial charge is 0.150 e. The number of hydrogen-bond donors (Lipinski definition) is 1. The van der Waals surface area contributed by atoms with Crippen LogP contribution in [0.2, 0.25) is 0 Å². The minimum Gasteiger partial charge on any atom is -0.377 e. The van der Waals surface area contributed by atoms with Crippen LogP contribution in [0.25, 0.3) is 0 Å². The molecule has 0 saturated carbocycles. The Morgan fingerprint density at radius 2 is 2.23 bits per heavy atom. The molecule has 0 spiro atoms. The van der Waals surface area contributed by atoms with Gasteiger partial charge in [0.1, 0.15) is 6.29 Å². The van der Waals surface area contributed by atoms with E-state index in [1.54, 1.807) is 6.07 Å². The van der Waals surface area contributed by atoms with Gasteiger partial charge >= 0.3 is 0 Å². The number of rotatable bonds is 2. The van der Waals surface area contributed by atoms with Gasteiger partial charge in [-0.15, -0.1) is 0 Å². The highest BCUT2D eigenvalue weighted by Gasteiger charge is 2.35. The van der Waals surface area contributed by atoms with Crippen molar-refractivity contribution < 1.29 is 9.53 Å². The molecule has 0 amide bonds. The third kappa shape index (κ3) is 1.36. The first-order valence-electron chi connectivity index (χ1n) is 4.17. The molecule has 13 heavy (non-hydrogen) atoms. The molecule has 3 heteroatoms. The van der Waals surface area contributed by atoms with E-state index in [2.05, 4.69) is 0 Å². The van der Waals surface area contributed by atoms with Gasteiger partial charge in [-0.2, -0.15) is 0 Å². The highest BCUT2D eigenvalue weighted by atomic mass is 16.5. The first-order valence-corrected chi connectivity index (χ1v) is 4.17. The Balaban J connectivity index is 2.34. The molecule has 0 atom stereocenters. The van der Waals surface area contributed by atoms with E-state index in [0.29, 0.717) is 18.8 Å². The lowest BCUT2D eigenvalue weighted by molar-refractivity contribution is -0.0569. The Kier molecular flexibility index (Phi) is 1.90. The van der Waals surface area contributed by atoms with E-state index in [1.165, 1.54) is 0 Å². The molecule has 2 N–H and O–H groups in total. The Hall–Kier alpha value is -1.19. The molecule has 1 aliphatic heterocycles. The number of nitrogens with two attached hydrogens (primary N) is 1. The minimum atomic E-state index is -0.376. The summed E-state index contributed by atoms with van der Waals surface area (Å²) in [4.78, 5) is 10.5. The number of aldehydes is 1. The molecule has 0 radical (unpaired) electrons. The number of benzene rings is 1. The lowest BCUT2D eigenvalue weighted by Gasteiger charge is -2.38. The molecular formula is C10H11NO2. The zero-order valence-electron chi connectivity index (χ0n) is 7.19. The molecule has 1 aromatic carbocycles. The van der Waals surface area contributed by atoms with Crippen LogP contribution in [0.3, 0.4) is 0 Å². The Labute approximate surface area is 76.5 Å². The fourth-order valence-corrected chi connectivity index (χ4v) is 1.41. The second-order valence-corrected chi connectivity index (χ2v) is 3.39. The van der Waals surface area contributed by atoms with Crippen LogP contribution in [0.4, 0.5) is 0 Å². The van der Waals surface area contributed by atoms with Gasteiger partial charge in [0.05, 0.1) is 18.8 Å². The molecule has 0 aromatic heterocycles. The van der Waals surface area contributed by atoms with Gasteiger partial charge < -0.3 is 10.5 Å². The predicted octanol–water partition coefficient (Wildman–Crippen LogP) is 0.683. The topological polar surface area (TPSA) is 52.3 Å². The van der Waals surface area contributed by atoms with Crippen LogP contribution in [-0.4, -0.2) is 19.5 Å². The summed E-state index contributed by atoms with van der Waals surface area (Å²) in [6, 6.07) is 7.34. The van der Waals surface area contributed by atoms with E-state index in [0.717, 1.165) is 11.8 Å². The fourth-order valence-electron chi connectivity index (χ4n) is 1.41. The SMILES string of the molecule is NC1(c2cccc(C=O)c2)COC1. The van der Waals surface area contributed by atoms with Crippen molar-refractivity contribution >= 4 is 6.29 Å². The predicted molar refractivity (Wildman–Crippen MR) is 48.5 cm³/mol. The van der Waals surface area contributed by atoms with Gasteiger partial charge in [-0.3, -0.25) is 4.79 Å². The summed E-state index contributed by atoms with van der Waals surface area (Å²) in [5.74, 6) is 0. The van der Waals surface area contributed by atoms with Gasteiger partial charge in [-0.25, -0.2) is 0 Å². The maximum absolute atomic E-state index is 10.5. The molecule has 0 bridgehead atoms. The molecule has 1 heterocycles. The maximum Gasteiger partial charge on any atom is 0.150 e. The van der Waals surface area contributed by atoms with E-state index in [-0.39, 0.29) is 5.54 Å². The highest BCUT2D eigenvalue weighted by Crippen LogP contribution is 2.26. The average Bonchev–Trinajstić information content (AvgIpc) is 2.14. The van der Waals surface area contributed by atoms with Crippen molar-refractivity contribution in [3.8, 4) is 0 Å². The number of carbonyl (C=O) groups is 1. The van der Waals surface area contributed by atoms with E-state index >= 15 is 0 Å². The average molecular weight is 177 g/mol. The minimum absolute atomic E-state index is 0.376.